The molecule has 100 valence electrons. The Bertz CT molecular complexity index is 549. The lowest BCUT2D eigenvalue weighted by Crippen LogP contribution is -2.07. The van der Waals surface area contributed by atoms with E-state index in [1.807, 2.05) is 6.07 Å². The summed E-state index contributed by atoms with van der Waals surface area (Å²) in [6.45, 7) is 0.745. The molecule has 0 aliphatic heterocycles. The van der Waals surface area contributed by atoms with Crippen LogP contribution in [0.2, 0.25) is 10.0 Å². The lowest BCUT2D eigenvalue weighted by molar-refractivity contribution is 0.293. The molecule has 0 radical (unpaired) electrons. The molecule has 0 amide bonds. The van der Waals surface area contributed by atoms with Crippen LogP contribution < -0.4 is 10.5 Å². The van der Waals surface area contributed by atoms with Crippen molar-refractivity contribution >= 4 is 23.2 Å². The quantitative estimate of drug-likeness (QED) is 0.922. The van der Waals surface area contributed by atoms with Gasteiger partial charge in [-0.05, 0) is 36.7 Å². The van der Waals surface area contributed by atoms with Crippen molar-refractivity contribution in [3.8, 4) is 5.75 Å². The number of ether oxygens (including phenoxy) is 1. The van der Waals surface area contributed by atoms with Gasteiger partial charge in [0, 0.05) is 17.4 Å². The zero-order valence-corrected chi connectivity index (χ0v) is 11.7. The number of nitrogens with zero attached hydrogens (tertiary/aromatic N) is 2. The third kappa shape index (κ3) is 3.80. The molecule has 6 heteroatoms. The van der Waals surface area contributed by atoms with Crippen LogP contribution in [0.1, 0.15) is 11.4 Å². The van der Waals surface area contributed by atoms with Crippen molar-refractivity contribution in [3.05, 3.63) is 52.0 Å². The second-order valence-electron chi connectivity index (χ2n) is 3.87. The third-order valence-electron chi connectivity index (χ3n) is 2.46. The van der Waals surface area contributed by atoms with E-state index in [2.05, 4.69) is 9.97 Å². The molecular weight excluding hydrogens is 285 g/mol. The summed E-state index contributed by atoms with van der Waals surface area (Å²) in [7, 11) is 0. The maximum absolute atomic E-state index is 6.15. The topological polar surface area (TPSA) is 61.0 Å². The van der Waals surface area contributed by atoms with Gasteiger partial charge in [-0.2, -0.15) is 0 Å². The highest BCUT2D eigenvalue weighted by Gasteiger charge is 2.11. The lowest BCUT2D eigenvalue weighted by Gasteiger charge is -2.12. The van der Waals surface area contributed by atoms with Gasteiger partial charge < -0.3 is 10.5 Å². The smallest absolute Gasteiger partial charge is 0.166 e. The van der Waals surface area contributed by atoms with Crippen LogP contribution in [0, 0.1) is 0 Å². The molecular formula is C13H13Cl2N3O. The Morgan fingerprint density at radius 3 is 2.58 bits per heavy atom. The SMILES string of the molecule is NCCc1cc(Cl)cc(Cl)c1OCc1ncccn1. The summed E-state index contributed by atoms with van der Waals surface area (Å²) in [5.74, 6) is 1.18. The van der Waals surface area contributed by atoms with Crippen molar-refractivity contribution < 1.29 is 4.74 Å². The molecule has 0 saturated carbocycles. The van der Waals surface area contributed by atoms with Gasteiger partial charge in [-0.1, -0.05) is 23.2 Å². The van der Waals surface area contributed by atoms with Crippen molar-refractivity contribution in [2.45, 2.75) is 13.0 Å². The number of benzene rings is 1. The molecule has 1 aromatic carbocycles. The predicted octanol–water partition coefficient (Wildman–Crippen LogP) is 2.86. The minimum Gasteiger partial charge on any atom is -0.484 e. The minimum absolute atomic E-state index is 0.250. The highest BCUT2D eigenvalue weighted by atomic mass is 35.5. The molecule has 0 bridgehead atoms. The molecule has 1 aromatic heterocycles. The average molecular weight is 298 g/mol. The maximum Gasteiger partial charge on any atom is 0.166 e. The van der Waals surface area contributed by atoms with E-state index < -0.39 is 0 Å². The van der Waals surface area contributed by atoms with E-state index in [0.717, 1.165) is 5.56 Å². The first-order chi connectivity index (χ1) is 9.20. The largest absolute Gasteiger partial charge is 0.484 e. The molecule has 0 fully saturated rings. The van der Waals surface area contributed by atoms with Crippen molar-refractivity contribution in [1.29, 1.82) is 0 Å². The molecule has 19 heavy (non-hydrogen) atoms. The maximum atomic E-state index is 6.15. The summed E-state index contributed by atoms with van der Waals surface area (Å²) in [4.78, 5) is 8.17. The predicted molar refractivity (Wildman–Crippen MR) is 75.6 cm³/mol. The summed E-state index contributed by atoms with van der Waals surface area (Å²) >= 11 is 12.1. The Hall–Kier alpha value is -1.36. The van der Waals surface area contributed by atoms with Crippen LogP contribution in [0.3, 0.4) is 0 Å². The Kier molecular flexibility index (Phi) is 4.96. The fourth-order valence-corrected chi connectivity index (χ4v) is 2.25. The lowest BCUT2D eigenvalue weighted by atomic mass is 10.1. The molecule has 0 atom stereocenters. The minimum atomic E-state index is 0.250. The summed E-state index contributed by atoms with van der Waals surface area (Å²) in [6, 6.07) is 5.20. The van der Waals surface area contributed by atoms with Crippen LogP contribution in [0.25, 0.3) is 0 Å². The number of rotatable bonds is 5. The molecule has 2 rings (SSSR count). The van der Waals surface area contributed by atoms with E-state index in [4.69, 9.17) is 33.7 Å². The number of aromatic nitrogens is 2. The number of hydrogen-bond acceptors (Lipinski definition) is 4. The van der Waals surface area contributed by atoms with Crippen LogP contribution in [0.15, 0.2) is 30.6 Å². The molecule has 0 aliphatic carbocycles. The number of hydrogen-bond donors (Lipinski definition) is 1. The van der Waals surface area contributed by atoms with Crippen LogP contribution in [0.4, 0.5) is 0 Å². The Morgan fingerprint density at radius 1 is 1.16 bits per heavy atom. The molecule has 0 saturated heterocycles. The van der Waals surface area contributed by atoms with E-state index in [0.29, 0.717) is 34.6 Å². The first-order valence-electron chi connectivity index (χ1n) is 5.77. The zero-order valence-electron chi connectivity index (χ0n) is 10.1. The Balaban J connectivity index is 2.19. The van der Waals surface area contributed by atoms with Crippen LogP contribution >= 0.6 is 23.2 Å². The van der Waals surface area contributed by atoms with E-state index >= 15 is 0 Å². The molecule has 2 N–H and O–H groups in total. The molecule has 4 nitrogen and oxygen atoms in total. The second kappa shape index (κ2) is 6.70. The number of nitrogens with two attached hydrogens (primary N) is 1. The second-order valence-corrected chi connectivity index (χ2v) is 4.71. The van der Waals surface area contributed by atoms with E-state index in [-0.39, 0.29) is 6.61 Å². The van der Waals surface area contributed by atoms with E-state index in [1.165, 1.54) is 0 Å². The summed E-state index contributed by atoms with van der Waals surface area (Å²) in [5.41, 5.74) is 6.46. The van der Waals surface area contributed by atoms with Crippen molar-refractivity contribution in [1.82, 2.24) is 9.97 Å². The van der Waals surface area contributed by atoms with Gasteiger partial charge in [-0.15, -0.1) is 0 Å². The third-order valence-corrected chi connectivity index (χ3v) is 2.96. The first-order valence-corrected chi connectivity index (χ1v) is 6.53. The zero-order chi connectivity index (χ0) is 13.7. The van der Waals surface area contributed by atoms with Gasteiger partial charge in [0.1, 0.15) is 12.4 Å². The van der Waals surface area contributed by atoms with Gasteiger partial charge in [-0.25, -0.2) is 9.97 Å². The average Bonchev–Trinajstić information content (AvgIpc) is 2.39. The standard InChI is InChI=1S/C13H13Cl2N3O/c14-10-6-9(2-3-16)13(11(15)7-10)19-8-12-17-4-1-5-18-12/h1,4-7H,2-3,8,16H2. The Labute approximate surface area is 121 Å². The van der Waals surface area contributed by atoms with Gasteiger partial charge in [0.25, 0.3) is 0 Å². The molecule has 0 aliphatic rings. The van der Waals surface area contributed by atoms with Crippen LogP contribution in [-0.2, 0) is 13.0 Å². The van der Waals surface area contributed by atoms with Gasteiger partial charge in [0.15, 0.2) is 5.82 Å². The highest BCUT2D eigenvalue weighted by molar-refractivity contribution is 6.35. The van der Waals surface area contributed by atoms with Gasteiger partial charge in [0.05, 0.1) is 5.02 Å². The fraction of sp³-hybridized carbons (Fsp3) is 0.231. The molecule has 2 aromatic rings. The normalized spacial score (nSPS) is 10.5. The Morgan fingerprint density at radius 2 is 1.89 bits per heavy atom. The number of halogens is 2. The first kappa shape index (κ1) is 14.1. The summed E-state index contributed by atoms with van der Waals surface area (Å²) in [5, 5.41) is 1.03. The summed E-state index contributed by atoms with van der Waals surface area (Å²) in [6.07, 6.45) is 3.97. The van der Waals surface area contributed by atoms with Crippen LogP contribution in [0.5, 0.6) is 5.75 Å². The van der Waals surface area contributed by atoms with E-state index in [9.17, 15) is 0 Å². The van der Waals surface area contributed by atoms with Crippen molar-refractivity contribution in [2.75, 3.05) is 6.54 Å². The van der Waals surface area contributed by atoms with Gasteiger partial charge in [-0.3, -0.25) is 0 Å². The van der Waals surface area contributed by atoms with Crippen molar-refractivity contribution in [2.24, 2.45) is 5.73 Å². The van der Waals surface area contributed by atoms with Gasteiger partial charge >= 0.3 is 0 Å². The monoisotopic (exact) mass is 297 g/mol. The van der Waals surface area contributed by atoms with Gasteiger partial charge in [0.2, 0.25) is 0 Å². The fourth-order valence-electron chi connectivity index (χ4n) is 1.66. The summed E-state index contributed by atoms with van der Waals surface area (Å²) < 4.78 is 5.69. The molecule has 1 heterocycles. The van der Waals surface area contributed by atoms with Crippen LogP contribution in [-0.4, -0.2) is 16.5 Å². The van der Waals surface area contributed by atoms with Crippen molar-refractivity contribution in [3.63, 3.8) is 0 Å². The van der Waals surface area contributed by atoms with E-state index in [1.54, 1.807) is 24.5 Å². The molecule has 0 spiro atoms. The molecule has 0 unspecified atom stereocenters. The highest BCUT2D eigenvalue weighted by Crippen LogP contribution is 2.33.